The molecule has 1 aliphatic heterocycles. The van der Waals surface area contributed by atoms with E-state index in [-0.39, 0.29) is 11.7 Å². The Hall–Kier alpha value is -2.56. The topological polar surface area (TPSA) is 44.4 Å². The van der Waals surface area contributed by atoms with E-state index >= 15 is 0 Å². The van der Waals surface area contributed by atoms with E-state index in [9.17, 15) is 9.18 Å². The van der Waals surface area contributed by atoms with Crippen LogP contribution in [0, 0.1) is 5.82 Å². The molecule has 0 unspecified atom stereocenters. The molecule has 1 fully saturated rings. The summed E-state index contributed by atoms with van der Waals surface area (Å²) in [6.45, 7) is 3.30. The van der Waals surface area contributed by atoms with Crippen molar-refractivity contribution in [3.05, 3.63) is 59.9 Å². The summed E-state index contributed by atoms with van der Waals surface area (Å²) in [4.78, 5) is 14.3. The third kappa shape index (κ3) is 5.98. The van der Waals surface area contributed by atoms with Crippen molar-refractivity contribution in [3.8, 4) is 0 Å². The molecule has 144 valence electrons. The Morgan fingerprint density at radius 2 is 1.70 bits per heavy atom. The minimum atomic E-state index is -0.221. The molecule has 5 heteroatoms. The van der Waals surface area contributed by atoms with E-state index in [4.69, 9.17) is 0 Å². The number of hydrogen-bond donors (Lipinski definition) is 2. The number of carbonyl (C=O) groups is 1. The molecule has 0 radical (unpaired) electrons. The van der Waals surface area contributed by atoms with Gasteiger partial charge < -0.3 is 15.5 Å². The summed E-state index contributed by atoms with van der Waals surface area (Å²) in [7, 11) is 0. The van der Waals surface area contributed by atoms with E-state index in [2.05, 4.69) is 39.8 Å². The maximum Gasteiger partial charge on any atom is 0.221 e. The SMILES string of the molecule is O=C(CCNc1ccc(N2CCCCC2)cc1)NCCc1ccccc1F. The zero-order valence-electron chi connectivity index (χ0n) is 15.7. The Labute approximate surface area is 160 Å². The summed E-state index contributed by atoms with van der Waals surface area (Å²) in [6, 6.07) is 15.1. The van der Waals surface area contributed by atoms with Crippen LogP contribution < -0.4 is 15.5 Å². The van der Waals surface area contributed by atoms with Crippen LogP contribution in [0.4, 0.5) is 15.8 Å². The maximum atomic E-state index is 13.5. The van der Waals surface area contributed by atoms with Gasteiger partial charge >= 0.3 is 0 Å². The van der Waals surface area contributed by atoms with Crippen molar-refractivity contribution in [1.29, 1.82) is 0 Å². The van der Waals surface area contributed by atoms with Crippen LogP contribution in [0.3, 0.4) is 0 Å². The second kappa shape index (κ2) is 9.95. The molecule has 4 nitrogen and oxygen atoms in total. The Morgan fingerprint density at radius 1 is 0.963 bits per heavy atom. The van der Waals surface area contributed by atoms with Crippen molar-refractivity contribution >= 4 is 17.3 Å². The third-order valence-electron chi connectivity index (χ3n) is 4.94. The highest BCUT2D eigenvalue weighted by Crippen LogP contribution is 2.21. The zero-order chi connectivity index (χ0) is 18.9. The molecule has 0 bridgehead atoms. The quantitative estimate of drug-likeness (QED) is 0.740. The smallest absolute Gasteiger partial charge is 0.221 e. The normalized spacial score (nSPS) is 14.0. The number of carbonyl (C=O) groups excluding carboxylic acids is 1. The van der Waals surface area contributed by atoms with Crippen LogP contribution >= 0.6 is 0 Å². The van der Waals surface area contributed by atoms with Crippen molar-refractivity contribution in [2.24, 2.45) is 0 Å². The molecule has 3 rings (SSSR count). The Balaban J connectivity index is 1.34. The second-order valence-corrected chi connectivity index (χ2v) is 6.96. The molecule has 0 spiro atoms. The molecule has 1 heterocycles. The fraction of sp³-hybridized carbons (Fsp3) is 0.409. The third-order valence-corrected chi connectivity index (χ3v) is 4.94. The second-order valence-electron chi connectivity index (χ2n) is 6.96. The van der Waals surface area contributed by atoms with E-state index in [0.29, 0.717) is 31.5 Å². The van der Waals surface area contributed by atoms with Crippen LogP contribution in [0.15, 0.2) is 48.5 Å². The first kappa shape index (κ1) is 19.2. The molecule has 2 aromatic rings. The van der Waals surface area contributed by atoms with Crippen molar-refractivity contribution in [2.75, 3.05) is 36.4 Å². The molecule has 1 amide bonds. The first-order chi connectivity index (χ1) is 13.2. The summed E-state index contributed by atoms with van der Waals surface area (Å²) in [6.07, 6.45) is 4.77. The van der Waals surface area contributed by atoms with E-state index < -0.39 is 0 Å². The van der Waals surface area contributed by atoms with Crippen molar-refractivity contribution < 1.29 is 9.18 Å². The standard InChI is InChI=1S/C22H28FN3O/c23-21-7-3-2-6-18(21)12-14-25-22(27)13-15-24-19-8-10-20(11-9-19)26-16-4-1-5-17-26/h2-3,6-11,24H,1,4-5,12-17H2,(H,25,27). The number of halogens is 1. The summed E-state index contributed by atoms with van der Waals surface area (Å²) in [5.41, 5.74) is 2.92. The molecule has 27 heavy (non-hydrogen) atoms. The van der Waals surface area contributed by atoms with Gasteiger partial charge in [-0.2, -0.15) is 0 Å². The van der Waals surface area contributed by atoms with Gasteiger partial charge in [-0.1, -0.05) is 18.2 Å². The predicted octanol–water partition coefficient (Wildman–Crippen LogP) is 3.98. The van der Waals surface area contributed by atoms with Crippen LogP contribution in [0.2, 0.25) is 0 Å². The zero-order valence-corrected chi connectivity index (χ0v) is 15.7. The van der Waals surface area contributed by atoms with Crippen molar-refractivity contribution in [2.45, 2.75) is 32.1 Å². The molecule has 0 aliphatic carbocycles. The van der Waals surface area contributed by atoms with E-state index in [1.54, 1.807) is 18.2 Å². The molecule has 2 N–H and O–H groups in total. The van der Waals surface area contributed by atoms with Gasteiger partial charge in [-0.3, -0.25) is 4.79 Å². The maximum absolute atomic E-state index is 13.5. The molecule has 1 saturated heterocycles. The average molecular weight is 369 g/mol. The molecule has 0 aromatic heterocycles. The Bertz CT molecular complexity index is 727. The van der Waals surface area contributed by atoms with Gasteiger partial charge in [0.1, 0.15) is 5.82 Å². The van der Waals surface area contributed by atoms with Gasteiger partial charge in [-0.05, 0) is 61.6 Å². The Morgan fingerprint density at radius 3 is 2.44 bits per heavy atom. The lowest BCUT2D eigenvalue weighted by Crippen LogP contribution is -2.29. The fourth-order valence-electron chi connectivity index (χ4n) is 3.39. The van der Waals surface area contributed by atoms with Gasteiger partial charge in [-0.25, -0.2) is 4.39 Å². The van der Waals surface area contributed by atoms with Crippen LogP contribution in [-0.4, -0.2) is 32.1 Å². The molecule has 2 aromatic carbocycles. The largest absolute Gasteiger partial charge is 0.385 e. The number of piperidine rings is 1. The van der Waals surface area contributed by atoms with E-state index in [1.165, 1.54) is 31.0 Å². The molecule has 0 saturated carbocycles. The summed E-state index contributed by atoms with van der Waals surface area (Å²) >= 11 is 0. The number of rotatable bonds is 8. The molecule has 1 aliphatic rings. The number of amides is 1. The van der Waals surface area contributed by atoms with Gasteiger partial charge in [0.15, 0.2) is 0 Å². The first-order valence-corrected chi connectivity index (χ1v) is 9.81. The van der Waals surface area contributed by atoms with Gasteiger partial charge in [0.25, 0.3) is 0 Å². The van der Waals surface area contributed by atoms with Crippen molar-refractivity contribution in [1.82, 2.24) is 5.32 Å². The highest BCUT2D eigenvalue weighted by molar-refractivity contribution is 5.76. The molecular weight excluding hydrogens is 341 g/mol. The van der Waals surface area contributed by atoms with Crippen LogP contribution in [0.1, 0.15) is 31.2 Å². The van der Waals surface area contributed by atoms with E-state index in [1.807, 2.05) is 0 Å². The minimum absolute atomic E-state index is 0.0243. The highest BCUT2D eigenvalue weighted by atomic mass is 19.1. The van der Waals surface area contributed by atoms with Crippen LogP contribution in [0.25, 0.3) is 0 Å². The predicted molar refractivity (Wildman–Crippen MR) is 109 cm³/mol. The van der Waals surface area contributed by atoms with Crippen LogP contribution in [-0.2, 0) is 11.2 Å². The van der Waals surface area contributed by atoms with Gasteiger partial charge in [-0.15, -0.1) is 0 Å². The molecule has 0 atom stereocenters. The fourth-order valence-corrected chi connectivity index (χ4v) is 3.39. The summed E-state index contributed by atoms with van der Waals surface area (Å²) in [5.74, 6) is -0.245. The molecular formula is C22H28FN3O. The lowest BCUT2D eigenvalue weighted by Gasteiger charge is -2.28. The summed E-state index contributed by atoms with van der Waals surface area (Å²) < 4.78 is 13.5. The lowest BCUT2D eigenvalue weighted by molar-refractivity contribution is -0.120. The first-order valence-electron chi connectivity index (χ1n) is 9.81. The van der Waals surface area contributed by atoms with Gasteiger partial charge in [0.2, 0.25) is 5.91 Å². The number of benzene rings is 2. The monoisotopic (exact) mass is 369 g/mol. The lowest BCUT2D eigenvalue weighted by atomic mass is 10.1. The number of hydrogen-bond acceptors (Lipinski definition) is 3. The minimum Gasteiger partial charge on any atom is -0.385 e. The highest BCUT2D eigenvalue weighted by Gasteiger charge is 2.10. The van der Waals surface area contributed by atoms with Gasteiger partial charge in [0.05, 0.1) is 0 Å². The number of nitrogens with one attached hydrogen (secondary N) is 2. The Kier molecular flexibility index (Phi) is 7.08. The van der Waals surface area contributed by atoms with Crippen LogP contribution in [0.5, 0.6) is 0 Å². The average Bonchev–Trinajstić information content (AvgIpc) is 2.71. The number of anilines is 2. The summed E-state index contributed by atoms with van der Waals surface area (Å²) in [5, 5.41) is 6.13. The van der Waals surface area contributed by atoms with Gasteiger partial charge in [0, 0.05) is 44.0 Å². The number of nitrogens with zero attached hydrogens (tertiary/aromatic N) is 1. The van der Waals surface area contributed by atoms with E-state index in [0.717, 1.165) is 18.8 Å². The van der Waals surface area contributed by atoms with Crippen molar-refractivity contribution in [3.63, 3.8) is 0 Å².